The van der Waals surface area contributed by atoms with Crippen LogP contribution in [0, 0.1) is 0 Å². The Bertz CT molecular complexity index is 443. The van der Waals surface area contributed by atoms with Gasteiger partial charge in [-0.1, -0.05) is 0 Å². The third-order valence-electron chi connectivity index (χ3n) is 2.32. The molecule has 2 N–H and O–H groups in total. The number of thioether (sulfide) groups is 1. The van der Waals surface area contributed by atoms with Crippen LogP contribution in [0.5, 0.6) is 11.5 Å². The minimum Gasteiger partial charge on any atom is -0.493 e. The molecule has 0 aliphatic rings. The highest BCUT2D eigenvalue weighted by Crippen LogP contribution is 2.37. The number of nitrogens with two attached hydrogens (primary N) is 1. The zero-order valence-corrected chi connectivity index (χ0v) is 13.2. The molecule has 0 saturated heterocycles. The molecule has 0 spiro atoms. The van der Waals surface area contributed by atoms with Gasteiger partial charge in [-0.2, -0.15) is 13.2 Å². The van der Waals surface area contributed by atoms with Crippen molar-refractivity contribution in [2.24, 2.45) is 5.73 Å². The lowest BCUT2D eigenvalue weighted by Gasteiger charge is -2.14. The normalized spacial score (nSPS) is 11.5. The van der Waals surface area contributed by atoms with Gasteiger partial charge in [0.2, 0.25) is 0 Å². The van der Waals surface area contributed by atoms with Crippen molar-refractivity contribution in [3.05, 3.63) is 22.2 Å². The van der Waals surface area contributed by atoms with Crippen LogP contribution in [0.15, 0.2) is 16.6 Å². The van der Waals surface area contributed by atoms with E-state index in [0.717, 1.165) is 5.56 Å². The molecule has 0 atom stereocenters. The molecule has 0 heterocycles. The van der Waals surface area contributed by atoms with Crippen LogP contribution < -0.4 is 15.2 Å². The van der Waals surface area contributed by atoms with Gasteiger partial charge in [0.05, 0.1) is 18.2 Å². The van der Waals surface area contributed by atoms with E-state index in [1.165, 1.54) is 7.11 Å². The fourth-order valence-electron chi connectivity index (χ4n) is 1.53. The second-order valence-corrected chi connectivity index (χ2v) is 5.80. The molecule has 0 saturated carbocycles. The highest BCUT2D eigenvalue weighted by molar-refractivity contribution is 9.10. The number of benzene rings is 1. The Labute approximate surface area is 128 Å². The molecule has 0 radical (unpaired) electrons. The molecule has 0 aromatic heterocycles. The summed E-state index contributed by atoms with van der Waals surface area (Å²) in [4.78, 5) is 0. The van der Waals surface area contributed by atoms with Crippen molar-refractivity contribution in [1.82, 2.24) is 0 Å². The summed E-state index contributed by atoms with van der Waals surface area (Å²) in [6.07, 6.45) is 0.680. The Morgan fingerprint density at radius 1 is 1.35 bits per heavy atom. The van der Waals surface area contributed by atoms with E-state index in [1.54, 1.807) is 6.07 Å². The number of hydrogen-bond donors (Lipinski definition) is 1. The van der Waals surface area contributed by atoms with E-state index in [1.807, 2.05) is 6.07 Å². The molecule has 8 heteroatoms. The van der Waals surface area contributed by atoms with Gasteiger partial charge in [-0.15, -0.1) is 0 Å². The summed E-state index contributed by atoms with van der Waals surface area (Å²) in [6.45, 7) is 0.438. The number of alkyl halides is 3. The summed E-state index contributed by atoms with van der Waals surface area (Å²) < 4.78 is 47.2. The molecule has 0 aliphatic carbocycles. The van der Waals surface area contributed by atoms with E-state index >= 15 is 0 Å². The van der Waals surface area contributed by atoms with Crippen LogP contribution in [0.1, 0.15) is 5.56 Å². The van der Waals surface area contributed by atoms with Crippen LogP contribution >= 0.6 is 27.7 Å². The Kier molecular flexibility index (Phi) is 6.97. The van der Waals surface area contributed by atoms with Crippen molar-refractivity contribution in [1.29, 1.82) is 0 Å². The summed E-state index contributed by atoms with van der Waals surface area (Å²) in [5.41, 5.74) is 2.21. The van der Waals surface area contributed by atoms with Crippen molar-refractivity contribution in [3.8, 4) is 11.5 Å². The van der Waals surface area contributed by atoms with Gasteiger partial charge in [0, 0.05) is 5.75 Å². The molecule has 3 nitrogen and oxygen atoms in total. The van der Waals surface area contributed by atoms with E-state index in [0.29, 0.717) is 28.9 Å². The van der Waals surface area contributed by atoms with E-state index in [9.17, 15) is 13.2 Å². The zero-order valence-electron chi connectivity index (χ0n) is 10.8. The summed E-state index contributed by atoms with van der Waals surface area (Å²) in [6, 6.07) is 3.59. The smallest absolute Gasteiger partial charge is 0.441 e. The molecule has 0 fully saturated rings. The number of rotatable bonds is 7. The maximum absolute atomic E-state index is 12.0. The largest absolute Gasteiger partial charge is 0.493 e. The second kappa shape index (κ2) is 7.99. The van der Waals surface area contributed by atoms with Crippen molar-refractivity contribution in [2.75, 3.05) is 26.0 Å². The lowest BCUT2D eigenvalue weighted by atomic mass is 10.1. The fourth-order valence-corrected chi connectivity index (χ4v) is 2.53. The quantitative estimate of drug-likeness (QED) is 0.741. The van der Waals surface area contributed by atoms with Gasteiger partial charge in [0.15, 0.2) is 11.5 Å². The third kappa shape index (κ3) is 5.80. The first kappa shape index (κ1) is 17.5. The topological polar surface area (TPSA) is 44.5 Å². The number of halogens is 4. The Balaban J connectivity index is 2.69. The average Bonchev–Trinajstić information content (AvgIpc) is 2.35. The summed E-state index contributed by atoms with van der Waals surface area (Å²) in [5.74, 6) is 0.694. The summed E-state index contributed by atoms with van der Waals surface area (Å²) in [7, 11) is 1.48. The van der Waals surface area contributed by atoms with E-state index in [-0.39, 0.29) is 24.1 Å². The predicted octanol–water partition coefficient (Wildman–Crippen LogP) is 3.59. The van der Waals surface area contributed by atoms with Gasteiger partial charge in [-0.05, 0) is 58.4 Å². The van der Waals surface area contributed by atoms with Crippen LogP contribution in [0.4, 0.5) is 13.2 Å². The molecule has 0 unspecified atom stereocenters. The molecule has 20 heavy (non-hydrogen) atoms. The predicted molar refractivity (Wildman–Crippen MR) is 77.5 cm³/mol. The van der Waals surface area contributed by atoms with Crippen molar-refractivity contribution in [3.63, 3.8) is 0 Å². The maximum atomic E-state index is 12.0. The molecular formula is C12H15BrF3NO2S. The van der Waals surface area contributed by atoms with Gasteiger partial charge < -0.3 is 15.2 Å². The SMILES string of the molecule is COc1cc(CCN)cc(Br)c1OCCSC(F)(F)F. The molecule has 0 aliphatic heterocycles. The number of ether oxygens (including phenoxy) is 2. The van der Waals surface area contributed by atoms with Gasteiger partial charge >= 0.3 is 5.51 Å². The molecule has 0 bridgehead atoms. The average molecular weight is 374 g/mol. The standard InChI is InChI=1S/C12H15BrF3NO2S/c1-18-10-7-8(2-3-17)6-9(13)11(10)19-4-5-20-12(14,15)16/h6-7H,2-5,17H2,1H3. The van der Waals surface area contributed by atoms with Crippen LogP contribution in [-0.2, 0) is 6.42 Å². The van der Waals surface area contributed by atoms with E-state index in [2.05, 4.69) is 15.9 Å². The van der Waals surface area contributed by atoms with Crippen LogP contribution in [0.25, 0.3) is 0 Å². The fraction of sp³-hybridized carbons (Fsp3) is 0.500. The minimum atomic E-state index is -4.24. The molecule has 114 valence electrons. The number of hydrogen-bond acceptors (Lipinski definition) is 4. The first-order chi connectivity index (χ1) is 9.37. The Morgan fingerprint density at radius 3 is 2.60 bits per heavy atom. The molecule has 1 aromatic carbocycles. The van der Waals surface area contributed by atoms with Gasteiger partial charge in [-0.25, -0.2) is 0 Å². The van der Waals surface area contributed by atoms with E-state index in [4.69, 9.17) is 15.2 Å². The van der Waals surface area contributed by atoms with Crippen LogP contribution in [0.2, 0.25) is 0 Å². The van der Waals surface area contributed by atoms with Crippen LogP contribution in [0.3, 0.4) is 0 Å². The molecular weight excluding hydrogens is 359 g/mol. The van der Waals surface area contributed by atoms with Gasteiger partial charge in [0.1, 0.15) is 0 Å². The van der Waals surface area contributed by atoms with Gasteiger partial charge in [0.25, 0.3) is 0 Å². The first-order valence-electron chi connectivity index (χ1n) is 5.77. The van der Waals surface area contributed by atoms with Crippen molar-refractivity contribution < 1.29 is 22.6 Å². The summed E-state index contributed by atoms with van der Waals surface area (Å²) >= 11 is 3.21. The lowest BCUT2D eigenvalue weighted by molar-refractivity contribution is -0.0329. The highest BCUT2D eigenvalue weighted by Gasteiger charge is 2.27. The van der Waals surface area contributed by atoms with Crippen molar-refractivity contribution in [2.45, 2.75) is 11.9 Å². The zero-order chi connectivity index (χ0) is 15.2. The Hall–Kier alpha value is -0.600. The van der Waals surface area contributed by atoms with Crippen LogP contribution in [-0.4, -0.2) is 31.5 Å². The van der Waals surface area contributed by atoms with Crippen molar-refractivity contribution >= 4 is 27.7 Å². The highest BCUT2D eigenvalue weighted by atomic mass is 79.9. The molecule has 0 amide bonds. The Morgan fingerprint density at radius 2 is 2.05 bits per heavy atom. The monoisotopic (exact) mass is 373 g/mol. The third-order valence-corrected chi connectivity index (χ3v) is 3.60. The summed E-state index contributed by atoms with van der Waals surface area (Å²) in [5, 5.41) is 0. The lowest BCUT2D eigenvalue weighted by Crippen LogP contribution is -2.09. The minimum absolute atomic E-state index is 0.0601. The maximum Gasteiger partial charge on any atom is 0.441 e. The van der Waals surface area contributed by atoms with Gasteiger partial charge in [-0.3, -0.25) is 0 Å². The first-order valence-corrected chi connectivity index (χ1v) is 7.55. The second-order valence-electron chi connectivity index (χ2n) is 3.79. The molecule has 1 rings (SSSR count). The van der Waals surface area contributed by atoms with E-state index < -0.39 is 5.51 Å². The molecule has 1 aromatic rings. The number of methoxy groups -OCH3 is 1.